The number of nitrogens with zero attached hydrogens (tertiary/aromatic N) is 3. The molecule has 2 heterocycles. The topological polar surface area (TPSA) is 75.3 Å². The summed E-state index contributed by atoms with van der Waals surface area (Å²) in [7, 11) is 1.71. The number of anilines is 1. The van der Waals surface area contributed by atoms with Crippen LogP contribution in [0.2, 0.25) is 0 Å². The first-order valence-corrected chi connectivity index (χ1v) is 8.00. The highest BCUT2D eigenvalue weighted by Crippen LogP contribution is 2.41. The summed E-state index contributed by atoms with van der Waals surface area (Å²) in [5, 5.41) is 9.31. The molecule has 1 saturated heterocycles. The first-order valence-electron chi connectivity index (χ1n) is 8.00. The van der Waals surface area contributed by atoms with Crippen molar-refractivity contribution in [3.05, 3.63) is 40.3 Å². The van der Waals surface area contributed by atoms with E-state index in [0.717, 1.165) is 5.69 Å². The lowest BCUT2D eigenvalue weighted by atomic mass is 9.69. The Morgan fingerprint density at radius 2 is 2.08 bits per heavy atom. The number of pyridine rings is 1. The number of ether oxygens (including phenoxy) is 1. The zero-order chi connectivity index (χ0) is 17.5. The molecule has 3 rings (SSSR count). The van der Waals surface area contributed by atoms with Gasteiger partial charge in [-0.05, 0) is 18.6 Å². The number of morpholine rings is 1. The molecule has 1 aliphatic carbocycles. The van der Waals surface area contributed by atoms with Crippen LogP contribution >= 0.6 is 0 Å². The van der Waals surface area contributed by atoms with Gasteiger partial charge in [-0.2, -0.15) is 5.26 Å². The van der Waals surface area contributed by atoms with E-state index in [9.17, 15) is 14.9 Å². The zero-order valence-electron chi connectivity index (χ0n) is 14.2. The Morgan fingerprint density at radius 1 is 1.33 bits per heavy atom. The fraction of sp³-hybridized carbons (Fsp3) is 0.500. The molecule has 6 nitrogen and oxygen atoms in total. The van der Waals surface area contributed by atoms with Crippen LogP contribution in [0.4, 0.5) is 5.69 Å². The molecule has 126 valence electrons. The molecule has 1 aliphatic heterocycles. The van der Waals surface area contributed by atoms with E-state index in [-0.39, 0.29) is 16.9 Å². The van der Waals surface area contributed by atoms with Crippen LogP contribution in [0.5, 0.6) is 0 Å². The average Bonchev–Trinajstić information content (AvgIpc) is 2.53. The number of allylic oxidation sites excluding steroid dienone is 1. The zero-order valence-corrected chi connectivity index (χ0v) is 14.2. The van der Waals surface area contributed by atoms with Gasteiger partial charge in [0.15, 0.2) is 5.78 Å². The summed E-state index contributed by atoms with van der Waals surface area (Å²) in [5.74, 6) is -0.134. The van der Waals surface area contributed by atoms with Crippen molar-refractivity contribution in [2.24, 2.45) is 12.5 Å². The molecule has 6 heteroatoms. The highest BCUT2D eigenvalue weighted by atomic mass is 16.5. The lowest BCUT2D eigenvalue weighted by molar-refractivity contribution is -0.130. The van der Waals surface area contributed by atoms with Crippen molar-refractivity contribution >= 4 is 11.5 Å². The van der Waals surface area contributed by atoms with Gasteiger partial charge in [-0.15, -0.1) is 0 Å². The van der Waals surface area contributed by atoms with Gasteiger partial charge in [-0.1, -0.05) is 13.8 Å². The first kappa shape index (κ1) is 16.5. The molecule has 0 saturated carbocycles. The van der Waals surface area contributed by atoms with Crippen molar-refractivity contribution in [1.29, 1.82) is 5.26 Å². The number of aromatic nitrogens is 1. The van der Waals surface area contributed by atoms with Gasteiger partial charge < -0.3 is 14.2 Å². The van der Waals surface area contributed by atoms with Gasteiger partial charge in [-0.25, -0.2) is 0 Å². The van der Waals surface area contributed by atoms with E-state index in [0.29, 0.717) is 26.1 Å². The Hall–Kier alpha value is -2.39. The van der Waals surface area contributed by atoms with E-state index in [1.807, 2.05) is 26.0 Å². The van der Waals surface area contributed by atoms with Gasteiger partial charge in [-0.3, -0.25) is 9.59 Å². The quantitative estimate of drug-likeness (QED) is 0.779. The van der Waals surface area contributed by atoms with E-state index in [4.69, 9.17) is 4.74 Å². The predicted octanol–water partition coefficient (Wildman–Crippen LogP) is 1.41. The smallest absolute Gasteiger partial charge is 0.252 e. The van der Waals surface area contributed by atoms with Crippen LogP contribution in [0.15, 0.2) is 34.8 Å². The maximum absolute atomic E-state index is 12.3. The van der Waals surface area contributed by atoms with Gasteiger partial charge in [0.1, 0.15) is 11.7 Å². The third kappa shape index (κ3) is 2.76. The lowest BCUT2D eigenvalue weighted by Crippen LogP contribution is -2.56. The molecule has 24 heavy (non-hydrogen) atoms. The molecule has 1 fully saturated rings. The lowest BCUT2D eigenvalue weighted by Gasteiger charge is -2.47. The van der Waals surface area contributed by atoms with Crippen molar-refractivity contribution in [3.63, 3.8) is 0 Å². The second-order valence-electron chi connectivity index (χ2n) is 7.23. The third-order valence-electron chi connectivity index (χ3n) is 4.79. The molecule has 1 atom stereocenters. The number of rotatable bonds is 1. The molecule has 0 aromatic carbocycles. The first-order chi connectivity index (χ1) is 11.3. The van der Waals surface area contributed by atoms with Crippen molar-refractivity contribution in [2.75, 3.05) is 24.6 Å². The molecule has 2 aliphatic rings. The molecule has 0 bridgehead atoms. The summed E-state index contributed by atoms with van der Waals surface area (Å²) in [4.78, 5) is 26.3. The fourth-order valence-corrected chi connectivity index (χ4v) is 3.61. The minimum atomic E-state index is -0.679. The maximum Gasteiger partial charge on any atom is 0.252 e. The van der Waals surface area contributed by atoms with Crippen LogP contribution in [0.1, 0.15) is 20.3 Å². The van der Waals surface area contributed by atoms with Crippen LogP contribution in [-0.4, -0.2) is 35.6 Å². The number of aryl methyl sites for hydroxylation is 1. The van der Waals surface area contributed by atoms with Gasteiger partial charge >= 0.3 is 0 Å². The third-order valence-corrected chi connectivity index (χ3v) is 4.79. The van der Waals surface area contributed by atoms with E-state index in [2.05, 4.69) is 4.90 Å². The second kappa shape index (κ2) is 5.60. The molecule has 1 spiro atoms. The summed E-state index contributed by atoms with van der Waals surface area (Å²) >= 11 is 0. The minimum Gasteiger partial charge on any atom is -0.367 e. The van der Waals surface area contributed by atoms with E-state index >= 15 is 0 Å². The highest BCUT2D eigenvalue weighted by Gasteiger charge is 2.48. The Balaban J connectivity index is 1.96. The molecule has 1 aromatic heterocycles. The van der Waals surface area contributed by atoms with E-state index in [1.165, 1.54) is 4.57 Å². The second-order valence-corrected chi connectivity index (χ2v) is 7.23. The van der Waals surface area contributed by atoms with Crippen LogP contribution < -0.4 is 10.5 Å². The van der Waals surface area contributed by atoms with Gasteiger partial charge in [0, 0.05) is 37.0 Å². The SMILES string of the molecule is Cn1ccc(N2CCOC3(C=C(C#N)C(=O)C(C)(C)C3)C2)cc1=O. The number of hydrogen-bond acceptors (Lipinski definition) is 5. The van der Waals surface area contributed by atoms with Crippen molar-refractivity contribution in [3.8, 4) is 6.07 Å². The van der Waals surface area contributed by atoms with Crippen molar-refractivity contribution in [2.45, 2.75) is 25.9 Å². The van der Waals surface area contributed by atoms with Crippen LogP contribution in [-0.2, 0) is 16.6 Å². The minimum absolute atomic E-state index is 0.0690. The fourth-order valence-electron chi connectivity index (χ4n) is 3.61. The van der Waals surface area contributed by atoms with Gasteiger partial charge in [0.05, 0.1) is 18.7 Å². The molecular weight excluding hydrogens is 306 g/mol. The largest absolute Gasteiger partial charge is 0.367 e. The molecular formula is C18H21N3O3. The predicted molar refractivity (Wildman–Crippen MR) is 89.7 cm³/mol. The summed E-state index contributed by atoms with van der Waals surface area (Å²) < 4.78 is 7.55. The molecule has 0 amide bonds. The Labute approximate surface area is 140 Å². The Morgan fingerprint density at radius 3 is 2.75 bits per heavy atom. The number of carbonyl (C=O) groups is 1. The number of hydrogen-bond donors (Lipinski definition) is 0. The Kier molecular flexibility index (Phi) is 3.84. The van der Waals surface area contributed by atoms with Crippen LogP contribution in [0.3, 0.4) is 0 Å². The van der Waals surface area contributed by atoms with E-state index in [1.54, 1.807) is 25.4 Å². The summed E-state index contributed by atoms with van der Waals surface area (Å²) in [6.45, 7) is 5.36. The molecule has 1 unspecified atom stereocenters. The van der Waals surface area contributed by atoms with Crippen LogP contribution in [0.25, 0.3) is 0 Å². The number of ketones is 1. The van der Waals surface area contributed by atoms with Crippen molar-refractivity contribution < 1.29 is 9.53 Å². The molecule has 0 N–H and O–H groups in total. The van der Waals surface area contributed by atoms with Crippen molar-refractivity contribution in [1.82, 2.24) is 4.57 Å². The monoisotopic (exact) mass is 327 g/mol. The van der Waals surface area contributed by atoms with E-state index < -0.39 is 11.0 Å². The maximum atomic E-state index is 12.3. The number of carbonyl (C=O) groups excluding carboxylic acids is 1. The Bertz CT molecular complexity index is 816. The summed E-state index contributed by atoms with van der Waals surface area (Å²) in [6.07, 6.45) is 3.93. The summed E-state index contributed by atoms with van der Waals surface area (Å²) in [5.41, 5.74) is -0.392. The number of nitriles is 1. The van der Waals surface area contributed by atoms with Gasteiger partial charge in [0.25, 0.3) is 5.56 Å². The van der Waals surface area contributed by atoms with Gasteiger partial charge in [0.2, 0.25) is 0 Å². The normalized spacial score (nSPS) is 26.2. The summed E-state index contributed by atoms with van der Waals surface area (Å²) in [6, 6.07) is 5.51. The standard InChI is InChI=1S/C18H21N3O3/c1-17(2)11-18(9-13(10-19)16(17)23)12-21(6-7-24-18)14-4-5-20(3)15(22)8-14/h4-5,8-9H,6-7,11-12H2,1-3H3. The number of Topliss-reactive ketones (excluding diaryl/α,β-unsaturated/α-hetero) is 1. The molecule has 0 radical (unpaired) electrons. The molecule has 1 aromatic rings. The van der Waals surface area contributed by atoms with Crippen LogP contribution in [0, 0.1) is 16.7 Å². The highest BCUT2D eigenvalue weighted by molar-refractivity contribution is 6.04. The average molecular weight is 327 g/mol.